The molecular formula is C21H21ClN2O2S. The van der Waals surface area contributed by atoms with Crippen molar-refractivity contribution in [1.82, 2.24) is 4.98 Å². The van der Waals surface area contributed by atoms with Gasteiger partial charge < -0.3 is 4.74 Å². The van der Waals surface area contributed by atoms with Gasteiger partial charge in [-0.15, -0.1) is 11.3 Å². The molecule has 0 bridgehead atoms. The van der Waals surface area contributed by atoms with Gasteiger partial charge in [0.1, 0.15) is 12.4 Å². The highest BCUT2D eigenvalue weighted by atomic mass is 35.5. The number of benzene rings is 2. The number of hydrogen-bond donors (Lipinski definition) is 0. The van der Waals surface area contributed by atoms with Gasteiger partial charge in [-0.25, -0.2) is 4.98 Å². The van der Waals surface area contributed by atoms with E-state index in [-0.39, 0.29) is 5.91 Å². The number of aromatic nitrogens is 1. The predicted octanol–water partition coefficient (Wildman–Crippen LogP) is 5.99. The second kappa shape index (κ2) is 8.11. The molecule has 0 atom stereocenters. The van der Waals surface area contributed by atoms with Crippen molar-refractivity contribution >= 4 is 39.7 Å². The zero-order chi connectivity index (χ0) is 19.6. The number of nitrogens with zero attached hydrogens (tertiary/aromatic N) is 2. The largest absolute Gasteiger partial charge is 0.486 e. The Kier molecular flexibility index (Phi) is 5.82. The molecular weight excluding hydrogens is 380 g/mol. The molecule has 0 saturated carbocycles. The zero-order valence-electron chi connectivity index (χ0n) is 15.7. The monoisotopic (exact) mass is 400 g/mol. The quantitative estimate of drug-likeness (QED) is 0.528. The smallest absolute Gasteiger partial charge is 0.230 e. The van der Waals surface area contributed by atoms with Crippen LogP contribution in [-0.4, -0.2) is 10.9 Å². The van der Waals surface area contributed by atoms with Crippen molar-refractivity contribution in [2.45, 2.75) is 34.3 Å². The Balaban J connectivity index is 1.81. The molecule has 0 saturated heterocycles. The molecule has 0 spiro atoms. The molecule has 0 unspecified atom stereocenters. The van der Waals surface area contributed by atoms with Gasteiger partial charge in [0.2, 0.25) is 5.91 Å². The number of carbonyl (C=O) groups is 1. The number of hydrogen-bond acceptors (Lipinski definition) is 4. The highest BCUT2D eigenvalue weighted by Gasteiger charge is 2.18. The van der Waals surface area contributed by atoms with Gasteiger partial charge in [0, 0.05) is 12.3 Å². The molecule has 1 aromatic heterocycles. The minimum absolute atomic E-state index is 0.0817. The third-order valence-electron chi connectivity index (χ3n) is 4.26. The lowest BCUT2D eigenvalue weighted by Crippen LogP contribution is -2.22. The van der Waals surface area contributed by atoms with Crippen LogP contribution in [0.1, 0.15) is 29.3 Å². The molecule has 140 valence electrons. The van der Waals surface area contributed by atoms with Gasteiger partial charge in [0.25, 0.3) is 0 Å². The topological polar surface area (TPSA) is 42.4 Å². The van der Waals surface area contributed by atoms with Crippen LogP contribution in [0.2, 0.25) is 5.02 Å². The van der Waals surface area contributed by atoms with Gasteiger partial charge in [-0.1, -0.05) is 23.7 Å². The molecule has 6 heteroatoms. The van der Waals surface area contributed by atoms with Crippen LogP contribution < -0.4 is 9.64 Å². The number of rotatable bonds is 5. The van der Waals surface area contributed by atoms with E-state index in [1.807, 2.05) is 62.5 Å². The molecule has 0 N–H and O–H groups in total. The van der Waals surface area contributed by atoms with Crippen molar-refractivity contribution in [2.75, 3.05) is 4.90 Å². The number of carbonyl (C=O) groups excluding carboxylic acids is 1. The van der Waals surface area contributed by atoms with Crippen LogP contribution in [0.25, 0.3) is 0 Å². The molecule has 1 amide bonds. The first kappa shape index (κ1) is 19.4. The Bertz CT molecular complexity index is 984. The van der Waals surface area contributed by atoms with Gasteiger partial charge in [-0.2, -0.15) is 0 Å². The van der Waals surface area contributed by atoms with Crippen molar-refractivity contribution in [3.8, 4) is 5.75 Å². The van der Waals surface area contributed by atoms with Crippen molar-refractivity contribution in [2.24, 2.45) is 0 Å². The summed E-state index contributed by atoms with van der Waals surface area (Å²) in [5.74, 6) is 0.547. The summed E-state index contributed by atoms with van der Waals surface area (Å²) in [6.45, 7) is 7.90. The normalized spacial score (nSPS) is 10.7. The number of thiazole rings is 1. The second-order valence-corrected chi connectivity index (χ2v) is 7.71. The van der Waals surface area contributed by atoms with E-state index >= 15 is 0 Å². The lowest BCUT2D eigenvalue weighted by molar-refractivity contribution is -0.115. The van der Waals surface area contributed by atoms with Gasteiger partial charge >= 0.3 is 0 Å². The lowest BCUT2D eigenvalue weighted by atomic mass is 10.1. The fraction of sp³-hybridized carbons (Fsp3) is 0.238. The summed E-state index contributed by atoms with van der Waals surface area (Å²) in [7, 11) is 0. The molecule has 0 aliphatic rings. The number of amides is 1. The molecule has 3 rings (SSSR count). The number of halogens is 1. The Morgan fingerprint density at radius 3 is 2.63 bits per heavy atom. The van der Waals surface area contributed by atoms with E-state index in [0.717, 1.165) is 22.5 Å². The molecule has 0 radical (unpaired) electrons. The van der Waals surface area contributed by atoms with Crippen molar-refractivity contribution < 1.29 is 9.53 Å². The molecule has 3 aromatic rings. The fourth-order valence-corrected chi connectivity index (χ4v) is 3.67. The molecule has 4 nitrogen and oxygen atoms in total. The standard InChI is InChI=1S/C21H21ClN2O2S/c1-13-5-8-19(22)20(9-13)26-11-17-12-27-21(23-17)24(16(4)25)18-7-6-14(2)15(3)10-18/h5-10,12H,11H2,1-4H3. The first-order valence-corrected chi connectivity index (χ1v) is 9.82. The Hall–Kier alpha value is -2.37. The zero-order valence-corrected chi connectivity index (χ0v) is 17.3. The predicted molar refractivity (Wildman–Crippen MR) is 111 cm³/mol. The first-order valence-electron chi connectivity index (χ1n) is 8.56. The maximum atomic E-state index is 12.3. The minimum atomic E-state index is -0.0817. The van der Waals surface area contributed by atoms with E-state index < -0.39 is 0 Å². The van der Waals surface area contributed by atoms with E-state index in [4.69, 9.17) is 16.3 Å². The number of anilines is 2. The van der Waals surface area contributed by atoms with Gasteiger partial charge in [-0.3, -0.25) is 9.69 Å². The lowest BCUT2D eigenvalue weighted by Gasteiger charge is -2.19. The first-order chi connectivity index (χ1) is 12.8. The van der Waals surface area contributed by atoms with Crippen LogP contribution in [0.3, 0.4) is 0 Å². The highest BCUT2D eigenvalue weighted by molar-refractivity contribution is 7.14. The van der Waals surface area contributed by atoms with Gasteiger partial charge in [0.15, 0.2) is 5.13 Å². The summed E-state index contributed by atoms with van der Waals surface area (Å²) >= 11 is 7.59. The summed E-state index contributed by atoms with van der Waals surface area (Å²) in [6, 6.07) is 11.6. The summed E-state index contributed by atoms with van der Waals surface area (Å²) in [6.07, 6.45) is 0. The second-order valence-electron chi connectivity index (χ2n) is 6.47. The molecule has 0 fully saturated rings. The van der Waals surface area contributed by atoms with Gasteiger partial charge in [-0.05, 0) is 61.7 Å². The maximum absolute atomic E-state index is 12.3. The summed E-state index contributed by atoms with van der Waals surface area (Å²) in [4.78, 5) is 18.5. The van der Waals surface area contributed by atoms with Crippen LogP contribution in [0.15, 0.2) is 41.8 Å². The van der Waals surface area contributed by atoms with Crippen molar-refractivity contribution in [3.05, 3.63) is 69.2 Å². The summed E-state index contributed by atoms with van der Waals surface area (Å²) < 4.78 is 5.81. The van der Waals surface area contributed by atoms with E-state index in [9.17, 15) is 4.79 Å². The van der Waals surface area contributed by atoms with Crippen molar-refractivity contribution in [3.63, 3.8) is 0 Å². The summed E-state index contributed by atoms with van der Waals surface area (Å²) in [5.41, 5.74) is 4.96. The number of aryl methyl sites for hydroxylation is 3. The number of ether oxygens (including phenoxy) is 1. The van der Waals surface area contributed by atoms with E-state index in [2.05, 4.69) is 4.98 Å². The maximum Gasteiger partial charge on any atom is 0.230 e. The van der Waals surface area contributed by atoms with Crippen molar-refractivity contribution in [1.29, 1.82) is 0 Å². The SMILES string of the molecule is CC(=O)N(c1ccc(C)c(C)c1)c1nc(COc2cc(C)ccc2Cl)cs1. The average molecular weight is 401 g/mol. The Morgan fingerprint density at radius 2 is 1.93 bits per heavy atom. The Morgan fingerprint density at radius 1 is 1.15 bits per heavy atom. The van der Waals surface area contributed by atoms with Crippen LogP contribution in [-0.2, 0) is 11.4 Å². The van der Waals surface area contributed by atoms with E-state index in [1.165, 1.54) is 16.9 Å². The molecule has 27 heavy (non-hydrogen) atoms. The van der Waals surface area contributed by atoms with Crippen LogP contribution in [0.5, 0.6) is 5.75 Å². The van der Waals surface area contributed by atoms with E-state index in [0.29, 0.717) is 22.5 Å². The Labute approximate surface area is 168 Å². The highest BCUT2D eigenvalue weighted by Crippen LogP contribution is 2.31. The van der Waals surface area contributed by atoms with Gasteiger partial charge in [0.05, 0.1) is 16.4 Å². The molecule has 0 aliphatic carbocycles. The van der Waals surface area contributed by atoms with E-state index in [1.54, 1.807) is 11.8 Å². The van der Waals surface area contributed by atoms with Crippen LogP contribution >= 0.6 is 22.9 Å². The average Bonchev–Trinajstić information content (AvgIpc) is 3.07. The van der Waals surface area contributed by atoms with Crippen LogP contribution in [0, 0.1) is 20.8 Å². The fourth-order valence-electron chi connectivity index (χ4n) is 2.63. The molecule has 2 aromatic carbocycles. The molecule has 1 heterocycles. The minimum Gasteiger partial charge on any atom is -0.486 e. The molecule has 0 aliphatic heterocycles. The van der Waals surface area contributed by atoms with Crippen LogP contribution in [0.4, 0.5) is 10.8 Å². The third-order valence-corrected chi connectivity index (χ3v) is 5.44. The summed E-state index contributed by atoms with van der Waals surface area (Å²) in [5, 5.41) is 3.09. The third kappa shape index (κ3) is 4.49.